The van der Waals surface area contributed by atoms with Gasteiger partial charge in [-0.15, -0.1) is 0 Å². The lowest BCUT2D eigenvalue weighted by Gasteiger charge is -2.29. The third-order valence-electron chi connectivity index (χ3n) is 3.71. The SMILES string of the molecule is Cc1nc2cc(C3CCN(C)CC3)ccc2o1. The third kappa shape index (κ3) is 2.07. The predicted molar refractivity (Wildman–Crippen MR) is 68.2 cm³/mol. The number of likely N-dealkylation sites (tertiary alicyclic amines) is 1. The molecule has 3 heteroatoms. The predicted octanol–water partition coefficient (Wildman–Crippen LogP) is 2.95. The summed E-state index contributed by atoms with van der Waals surface area (Å²) in [4.78, 5) is 6.80. The molecule has 0 radical (unpaired) electrons. The smallest absolute Gasteiger partial charge is 0.192 e. The summed E-state index contributed by atoms with van der Waals surface area (Å²) >= 11 is 0. The van der Waals surface area contributed by atoms with Gasteiger partial charge in [0.2, 0.25) is 0 Å². The number of nitrogens with zero attached hydrogens (tertiary/aromatic N) is 2. The molecule has 0 bridgehead atoms. The van der Waals surface area contributed by atoms with Gasteiger partial charge < -0.3 is 9.32 Å². The normalized spacial score (nSPS) is 18.9. The van der Waals surface area contributed by atoms with Crippen molar-refractivity contribution in [3.8, 4) is 0 Å². The molecule has 1 aromatic carbocycles. The minimum absolute atomic E-state index is 0.688. The van der Waals surface area contributed by atoms with Crippen molar-refractivity contribution in [2.45, 2.75) is 25.7 Å². The van der Waals surface area contributed by atoms with Gasteiger partial charge in [0.05, 0.1) is 0 Å². The number of oxazole rings is 1. The molecule has 2 aromatic rings. The van der Waals surface area contributed by atoms with Crippen molar-refractivity contribution >= 4 is 11.1 Å². The molecule has 0 spiro atoms. The van der Waals surface area contributed by atoms with E-state index in [1.165, 1.54) is 31.5 Å². The van der Waals surface area contributed by atoms with E-state index in [0.29, 0.717) is 5.92 Å². The number of rotatable bonds is 1. The van der Waals surface area contributed by atoms with Gasteiger partial charge in [-0.1, -0.05) is 6.07 Å². The van der Waals surface area contributed by atoms with Gasteiger partial charge >= 0.3 is 0 Å². The summed E-state index contributed by atoms with van der Waals surface area (Å²) in [5.74, 6) is 1.44. The summed E-state index contributed by atoms with van der Waals surface area (Å²) in [6, 6.07) is 6.45. The van der Waals surface area contributed by atoms with Gasteiger partial charge in [0.25, 0.3) is 0 Å². The van der Waals surface area contributed by atoms with Gasteiger partial charge in [0.15, 0.2) is 11.5 Å². The highest BCUT2D eigenvalue weighted by Gasteiger charge is 2.19. The van der Waals surface area contributed by atoms with Gasteiger partial charge in [-0.3, -0.25) is 0 Å². The monoisotopic (exact) mass is 230 g/mol. The maximum absolute atomic E-state index is 5.51. The maximum atomic E-state index is 5.51. The Morgan fingerprint density at radius 1 is 1.29 bits per heavy atom. The second kappa shape index (κ2) is 4.15. The van der Waals surface area contributed by atoms with Crippen LogP contribution in [-0.4, -0.2) is 30.0 Å². The zero-order valence-corrected chi connectivity index (χ0v) is 10.4. The van der Waals surface area contributed by atoms with E-state index in [9.17, 15) is 0 Å². The van der Waals surface area contributed by atoms with Crippen molar-refractivity contribution in [2.24, 2.45) is 0 Å². The Morgan fingerprint density at radius 2 is 2.06 bits per heavy atom. The Labute approximate surface area is 101 Å². The van der Waals surface area contributed by atoms with Crippen LogP contribution in [-0.2, 0) is 0 Å². The van der Waals surface area contributed by atoms with E-state index < -0.39 is 0 Å². The quantitative estimate of drug-likeness (QED) is 0.754. The molecule has 0 N–H and O–H groups in total. The molecule has 0 aliphatic carbocycles. The fourth-order valence-corrected chi connectivity index (χ4v) is 2.66. The summed E-state index contributed by atoms with van der Waals surface area (Å²) in [5, 5.41) is 0. The second-order valence-corrected chi connectivity index (χ2v) is 5.04. The van der Waals surface area contributed by atoms with Crippen molar-refractivity contribution < 1.29 is 4.42 Å². The van der Waals surface area contributed by atoms with Gasteiger partial charge in [0, 0.05) is 6.92 Å². The van der Waals surface area contributed by atoms with Crippen LogP contribution in [0.5, 0.6) is 0 Å². The summed E-state index contributed by atoms with van der Waals surface area (Å²) in [7, 11) is 2.19. The molecular formula is C14H18N2O. The first kappa shape index (κ1) is 10.8. The van der Waals surface area contributed by atoms with Gasteiger partial charge in [0.1, 0.15) is 5.52 Å². The lowest BCUT2D eigenvalue weighted by atomic mass is 9.89. The van der Waals surface area contributed by atoms with Crippen molar-refractivity contribution in [1.29, 1.82) is 0 Å². The highest BCUT2D eigenvalue weighted by atomic mass is 16.3. The Bertz CT molecular complexity index is 524. The van der Waals surface area contributed by atoms with Crippen LogP contribution in [0.2, 0.25) is 0 Å². The Balaban J connectivity index is 1.89. The van der Waals surface area contributed by atoms with Crippen LogP contribution in [0.1, 0.15) is 30.2 Å². The van der Waals surface area contributed by atoms with E-state index >= 15 is 0 Å². The maximum Gasteiger partial charge on any atom is 0.192 e. The lowest BCUT2D eigenvalue weighted by molar-refractivity contribution is 0.255. The molecule has 0 amide bonds. The van der Waals surface area contributed by atoms with E-state index in [1.54, 1.807) is 0 Å². The van der Waals surface area contributed by atoms with E-state index in [4.69, 9.17) is 4.42 Å². The second-order valence-electron chi connectivity index (χ2n) is 5.04. The highest BCUT2D eigenvalue weighted by Crippen LogP contribution is 2.29. The standard InChI is InChI=1S/C14H18N2O/c1-10-15-13-9-12(3-4-14(13)17-10)11-5-7-16(2)8-6-11/h3-4,9,11H,5-8H2,1-2H3. The Morgan fingerprint density at radius 3 is 2.82 bits per heavy atom. The first-order valence-electron chi connectivity index (χ1n) is 6.28. The molecule has 0 saturated carbocycles. The minimum Gasteiger partial charge on any atom is -0.441 e. The summed E-state index contributed by atoms with van der Waals surface area (Å²) < 4.78 is 5.51. The van der Waals surface area contributed by atoms with Gasteiger partial charge in [-0.2, -0.15) is 0 Å². The molecule has 0 unspecified atom stereocenters. The average Bonchev–Trinajstić information content (AvgIpc) is 2.69. The summed E-state index contributed by atoms with van der Waals surface area (Å²) in [6.45, 7) is 4.29. The molecule has 1 fully saturated rings. The van der Waals surface area contributed by atoms with Crippen molar-refractivity contribution in [2.75, 3.05) is 20.1 Å². The molecule has 0 atom stereocenters. The number of hydrogen-bond donors (Lipinski definition) is 0. The molecule has 1 saturated heterocycles. The van der Waals surface area contributed by atoms with Crippen LogP contribution in [0, 0.1) is 6.92 Å². The van der Waals surface area contributed by atoms with E-state index in [1.807, 2.05) is 6.92 Å². The summed E-state index contributed by atoms with van der Waals surface area (Å²) in [5.41, 5.74) is 3.32. The molecule has 17 heavy (non-hydrogen) atoms. The number of hydrogen-bond acceptors (Lipinski definition) is 3. The third-order valence-corrected chi connectivity index (χ3v) is 3.71. The van der Waals surface area contributed by atoms with Crippen molar-refractivity contribution in [3.63, 3.8) is 0 Å². The number of aryl methyl sites for hydroxylation is 1. The highest BCUT2D eigenvalue weighted by molar-refractivity contribution is 5.73. The lowest BCUT2D eigenvalue weighted by Crippen LogP contribution is -2.29. The molecule has 1 aromatic heterocycles. The van der Waals surface area contributed by atoms with Crippen LogP contribution < -0.4 is 0 Å². The molecular weight excluding hydrogens is 212 g/mol. The fourth-order valence-electron chi connectivity index (χ4n) is 2.66. The van der Waals surface area contributed by atoms with Crippen LogP contribution >= 0.6 is 0 Å². The van der Waals surface area contributed by atoms with E-state index in [-0.39, 0.29) is 0 Å². The van der Waals surface area contributed by atoms with E-state index in [0.717, 1.165) is 17.0 Å². The topological polar surface area (TPSA) is 29.3 Å². The van der Waals surface area contributed by atoms with Crippen molar-refractivity contribution in [3.05, 3.63) is 29.7 Å². The number of aromatic nitrogens is 1. The van der Waals surface area contributed by atoms with Crippen LogP contribution in [0.3, 0.4) is 0 Å². The van der Waals surface area contributed by atoms with Gasteiger partial charge in [-0.25, -0.2) is 4.98 Å². The zero-order valence-electron chi connectivity index (χ0n) is 10.4. The number of fused-ring (bicyclic) bond motifs is 1. The van der Waals surface area contributed by atoms with Gasteiger partial charge in [-0.05, 0) is 56.6 Å². The van der Waals surface area contributed by atoms with Crippen LogP contribution in [0.15, 0.2) is 22.6 Å². The van der Waals surface area contributed by atoms with Crippen LogP contribution in [0.4, 0.5) is 0 Å². The van der Waals surface area contributed by atoms with Crippen LogP contribution in [0.25, 0.3) is 11.1 Å². The Hall–Kier alpha value is -1.35. The molecule has 90 valence electrons. The molecule has 1 aliphatic rings. The molecule has 3 nitrogen and oxygen atoms in total. The molecule has 1 aliphatic heterocycles. The first-order chi connectivity index (χ1) is 8.22. The number of benzene rings is 1. The zero-order chi connectivity index (χ0) is 11.8. The Kier molecular flexibility index (Phi) is 2.63. The van der Waals surface area contributed by atoms with Crippen molar-refractivity contribution in [1.82, 2.24) is 9.88 Å². The largest absolute Gasteiger partial charge is 0.441 e. The molecule has 3 rings (SSSR count). The first-order valence-corrected chi connectivity index (χ1v) is 6.28. The molecule has 2 heterocycles. The van der Waals surface area contributed by atoms with E-state index in [2.05, 4.69) is 35.1 Å². The summed E-state index contributed by atoms with van der Waals surface area (Å²) in [6.07, 6.45) is 2.50. The number of piperidine rings is 1. The average molecular weight is 230 g/mol. The fraction of sp³-hybridized carbons (Fsp3) is 0.500. The minimum atomic E-state index is 0.688.